The molecular weight excluding hydrogens is 248 g/mol. The van der Waals surface area contributed by atoms with E-state index in [9.17, 15) is 0 Å². The third-order valence-corrected chi connectivity index (χ3v) is 5.37. The van der Waals surface area contributed by atoms with E-state index in [4.69, 9.17) is 0 Å². The van der Waals surface area contributed by atoms with E-state index in [0.717, 1.165) is 22.3 Å². The molecule has 0 atom stereocenters. The number of anilines is 1. The second-order valence-corrected chi connectivity index (χ2v) is 6.63. The van der Waals surface area contributed by atoms with Gasteiger partial charge in [0.05, 0.1) is 10.2 Å². The second kappa shape index (κ2) is 4.86. The van der Waals surface area contributed by atoms with Crippen LogP contribution in [0, 0.1) is 5.92 Å². The standard InChI is InChI=1S/C13H16N2S2/c1-16-13-15-11-6-5-10(7-12(11)17-13)14-8-9-3-2-4-9/h5-7,9,14H,2-4,8H2,1H3. The van der Waals surface area contributed by atoms with Gasteiger partial charge in [-0.1, -0.05) is 18.2 Å². The predicted octanol–water partition coefficient (Wildman–Crippen LogP) is 4.23. The third kappa shape index (κ3) is 2.43. The maximum atomic E-state index is 4.55. The fourth-order valence-corrected chi connectivity index (χ4v) is 3.59. The molecule has 1 heterocycles. The molecule has 1 saturated carbocycles. The van der Waals surface area contributed by atoms with E-state index in [1.165, 1.54) is 29.6 Å². The smallest absolute Gasteiger partial charge is 0.150 e. The summed E-state index contributed by atoms with van der Waals surface area (Å²) in [4.78, 5) is 4.55. The van der Waals surface area contributed by atoms with Crippen molar-refractivity contribution in [1.29, 1.82) is 0 Å². The fraction of sp³-hybridized carbons (Fsp3) is 0.462. The van der Waals surface area contributed by atoms with E-state index < -0.39 is 0 Å². The molecule has 1 N–H and O–H groups in total. The maximum Gasteiger partial charge on any atom is 0.150 e. The van der Waals surface area contributed by atoms with Crippen molar-refractivity contribution in [2.24, 2.45) is 5.92 Å². The molecule has 0 amide bonds. The summed E-state index contributed by atoms with van der Waals surface area (Å²) in [6, 6.07) is 6.49. The monoisotopic (exact) mass is 264 g/mol. The van der Waals surface area contributed by atoms with Crippen LogP contribution < -0.4 is 5.32 Å². The Kier molecular flexibility index (Phi) is 3.25. The van der Waals surface area contributed by atoms with E-state index in [0.29, 0.717) is 0 Å². The van der Waals surface area contributed by atoms with Crippen molar-refractivity contribution in [3.8, 4) is 0 Å². The van der Waals surface area contributed by atoms with Gasteiger partial charge in [-0.25, -0.2) is 4.98 Å². The number of aromatic nitrogens is 1. The van der Waals surface area contributed by atoms with Crippen molar-refractivity contribution >= 4 is 39.0 Å². The largest absolute Gasteiger partial charge is 0.385 e. The Balaban J connectivity index is 1.75. The van der Waals surface area contributed by atoms with Crippen LogP contribution in [-0.2, 0) is 0 Å². The molecule has 0 saturated heterocycles. The van der Waals surface area contributed by atoms with Crippen molar-refractivity contribution in [3.05, 3.63) is 18.2 Å². The van der Waals surface area contributed by atoms with E-state index in [-0.39, 0.29) is 0 Å². The Morgan fingerprint density at radius 3 is 3.06 bits per heavy atom. The van der Waals surface area contributed by atoms with Crippen LogP contribution in [-0.4, -0.2) is 17.8 Å². The molecule has 0 spiro atoms. The van der Waals surface area contributed by atoms with Crippen LogP contribution in [0.15, 0.2) is 22.5 Å². The second-order valence-electron chi connectivity index (χ2n) is 4.54. The minimum absolute atomic E-state index is 0.897. The minimum Gasteiger partial charge on any atom is -0.385 e. The van der Waals surface area contributed by atoms with E-state index in [1.54, 1.807) is 23.1 Å². The number of nitrogens with one attached hydrogen (secondary N) is 1. The van der Waals surface area contributed by atoms with E-state index in [2.05, 4.69) is 34.8 Å². The van der Waals surface area contributed by atoms with Gasteiger partial charge in [-0.3, -0.25) is 0 Å². The lowest BCUT2D eigenvalue weighted by Gasteiger charge is -2.25. The van der Waals surface area contributed by atoms with Gasteiger partial charge in [-0.05, 0) is 43.2 Å². The fourth-order valence-electron chi connectivity index (χ4n) is 2.06. The van der Waals surface area contributed by atoms with Gasteiger partial charge in [0.15, 0.2) is 4.34 Å². The molecule has 1 aliphatic rings. The Bertz CT molecular complexity index is 517. The van der Waals surface area contributed by atoms with Crippen molar-refractivity contribution in [2.45, 2.75) is 23.6 Å². The van der Waals surface area contributed by atoms with Crippen molar-refractivity contribution < 1.29 is 0 Å². The molecule has 0 unspecified atom stereocenters. The molecule has 1 aromatic heterocycles. The van der Waals surface area contributed by atoms with Crippen LogP contribution in [0.3, 0.4) is 0 Å². The number of nitrogens with zero attached hydrogens (tertiary/aromatic N) is 1. The van der Waals surface area contributed by atoms with Gasteiger partial charge in [0.25, 0.3) is 0 Å². The summed E-state index contributed by atoms with van der Waals surface area (Å²) in [7, 11) is 0. The van der Waals surface area contributed by atoms with Gasteiger partial charge in [0.1, 0.15) is 0 Å². The zero-order chi connectivity index (χ0) is 11.7. The molecule has 17 heavy (non-hydrogen) atoms. The van der Waals surface area contributed by atoms with E-state index >= 15 is 0 Å². The Morgan fingerprint density at radius 2 is 2.35 bits per heavy atom. The first kappa shape index (κ1) is 11.4. The number of benzene rings is 1. The van der Waals surface area contributed by atoms with Crippen LogP contribution in [0.25, 0.3) is 10.2 Å². The summed E-state index contributed by atoms with van der Waals surface area (Å²) in [6.07, 6.45) is 6.28. The topological polar surface area (TPSA) is 24.9 Å². The summed E-state index contributed by atoms with van der Waals surface area (Å²) in [5.41, 5.74) is 2.36. The van der Waals surface area contributed by atoms with Crippen LogP contribution >= 0.6 is 23.1 Å². The van der Waals surface area contributed by atoms with E-state index in [1.807, 2.05) is 0 Å². The van der Waals surface area contributed by atoms with Gasteiger partial charge >= 0.3 is 0 Å². The Labute approximate surface area is 110 Å². The molecule has 1 aliphatic carbocycles. The van der Waals surface area contributed by atoms with Crippen LogP contribution in [0.2, 0.25) is 0 Å². The van der Waals surface area contributed by atoms with Gasteiger partial charge in [0, 0.05) is 12.2 Å². The average molecular weight is 264 g/mol. The number of hydrogen-bond donors (Lipinski definition) is 1. The molecule has 0 aliphatic heterocycles. The minimum atomic E-state index is 0.897. The number of thiazole rings is 1. The molecule has 1 aromatic carbocycles. The normalized spacial score (nSPS) is 16.1. The summed E-state index contributed by atoms with van der Waals surface area (Å²) < 4.78 is 2.43. The van der Waals surface area contributed by atoms with Crippen molar-refractivity contribution in [1.82, 2.24) is 4.98 Å². The highest BCUT2D eigenvalue weighted by Gasteiger charge is 2.16. The summed E-state index contributed by atoms with van der Waals surface area (Å²) in [6.45, 7) is 1.12. The Hall–Kier alpha value is -0.740. The summed E-state index contributed by atoms with van der Waals surface area (Å²) in [5, 5.41) is 3.54. The molecule has 4 heteroatoms. The van der Waals surface area contributed by atoms with Gasteiger partial charge in [-0.2, -0.15) is 0 Å². The molecular formula is C13H16N2S2. The lowest BCUT2D eigenvalue weighted by atomic mass is 9.85. The van der Waals surface area contributed by atoms with Gasteiger partial charge < -0.3 is 5.32 Å². The highest BCUT2D eigenvalue weighted by molar-refractivity contribution is 8.00. The zero-order valence-electron chi connectivity index (χ0n) is 9.90. The number of hydrogen-bond acceptors (Lipinski definition) is 4. The molecule has 90 valence electrons. The van der Waals surface area contributed by atoms with Crippen molar-refractivity contribution in [2.75, 3.05) is 18.1 Å². The predicted molar refractivity (Wildman–Crippen MR) is 77.2 cm³/mol. The third-order valence-electron chi connectivity index (χ3n) is 3.36. The average Bonchev–Trinajstić information content (AvgIpc) is 2.69. The van der Waals surface area contributed by atoms with Gasteiger partial charge in [0.2, 0.25) is 0 Å². The molecule has 0 radical (unpaired) electrons. The maximum absolute atomic E-state index is 4.55. The SMILES string of the molecule is CSc1nc2ccc(NCC3CCC3)cc2s1. The van der Waals surface area contributed by atoms with Crippen LogP contribution in [0.4, 0.5) is 5.69 Å². The number of fused-ring (bicyclic) bond motifs is 1. The first-order valence-corrected chi connectivity index (χ1v) is 8.08. The molecule has 1 fully saturated rings. The highest BCUT2D eigenvalue weighted by atomic mass is 32.2. The first-order valence-electron chi connectivity index (χ1n) is 6.03. The number of thioether (sulfide) groups is 1. The lowest BCUT2D eigenvalue weighted by Crippen LogP contribution is -2.20. The molecule has 2 aromatic rings. The highest BCUT2D eigenvalue weighted by Crippen LogP contribution is 2.31. The van der Waals surface area contributed by atoms with Gasteiger partial charge in [-0.15, -0.1) is 11.3 Å². The van der Waals surface area contributed by atoms with Crippen LogP contribution in [0.5, 0.6) is 0 Å². The number of rotatable bonds is 4. The lowest BCUT2D eigenvalue weighted by molar-refractivity contribution is 0.333. The summed E-state index contributed by atoms with van der Waals surface area (Å²) in [5.74, 6) is 0.897. The molecule has 0 bridgehead atoms. The molecule has 2 nitrogen and oxygen atoms in total. The molecule has 3 rings (SSSR count). The Morgan fingerprint density at radius 1 is 1.47 bits per heavy atom. The first-order chi connectivity index (χ1) is 8.35. The summed E-state index contributed by atoms with van der Waals surface area (Å²) >= 11 is 3.50. The van der Waals surface area contributed by atoms with Crippen molar-refractivity contribution in [3.63, 3.8) is 0 Å². The zero-order valence-corrected chi connectivity index (χ0v) is 11.5. The quantitative estimate of drug-likeness (QED) is 0.836. The van der Waals surface area contributed by atoms with Crippen LogP contribution in [0.1, 0.15) is 19.3 Å².